The number of halogens is 1. The van der Waals surface area contributed by atoms with Crippen LogP contribution in [0.4, 0.5) is 15.9 Å². The van der Waals surface area contributed by atoms with Crippen LogP contribution in [-0.2, 0) is 6.42 Å². The van der Waals surface area contributed by atoms with Gasteiger partial charge in [0.1, 0.15) is 24.0 Å². The topological polar surface area (TPSA) is 73.6 Å². The summed E-state index contributed by atoms with van der Waals surface area (Å²) >= 11 is 0. The second kappa shape index (κ2) is 8.27. The Balaban J connectivity index is 1.63. The molecule has 1 aromatic heterocycles. The monoisotopic (exact) mass is 387 g/mol. The Kier molecular flexibility index (Phi) is 5.39. The van der Waals surface area contributed by atoms with Gasteiger partial charge in [0.15, 0.2) is 0 Å². The Morgan fingerprint density at radius 1 is 1.17 bits per heavy atom. The van der Waals surface area contributed by atoms with Crippen LogP contribution in [0.15, 0.2) is 48.5 Å². The standard InChI is InChI=1S/C23H22FN5/c1-15-27-21(17-9-10-19(24)22(13-17)26-12-11-25)14-23(28-15)29-20-8-4-6-16-5-2-3-7-18(16)20/h2-3,5,7,9-10,13-14,20,26H,4,6,8,12H2,1H3,(H,27,28,29)/t20-/m1/s1. The molecular formula is C23H22FN5. The van der Waals surface area contributed by atoms with Gasteiger partial charge in [0.05, 0.1) is 23.5 Å². The quantitative estimate of drug-likeness (QED) is 0.602. The normalized spacial score (nSPS) is 15.3. The predicted molar refractivity (Wildman–Crippen MR) is 112 cm³/mol. The maximum Gasteiger partial charge on any atom is 0.146 e. The molecule has 1 aliphatic carbocycles. The maximum absolute atomic E-state index is 14.0. The number of nitrogens with one attached hydrogen (secondary N) is 2. The Bertz CT molecular complexity index is 1070. The summed E-state index contributed by atoms with van der Waals surface area (Å²) in [5.74, 6) is 1.00. The van der Waals surface area contributed by atoms with Crippen LogP contribution in [0.1, 0.15) is 35.8 Å². The van der Waals surface area contributed by atoms with E-state index in [0.717, 1.165) is 30.6 Å². The van der Waals surface area contributed by atoms with Crippen molar-refractivity contribution in [3.63, 3.8) is 0 Å². The molecule has 0 unspecified atom stereocenters. The van der Waals surface area contributed by atoms with Gasteiger partial charge in [-0.05, 0) is 55.5 Å². The highest BCUT2D eigenvalue weighted by atomic mass is 19.1. The number of hydrogen-bond donors (Lipinski definition) is 2. The largest absolute Gasteiger partial charge is 0.370 e. The lowest BCUT2D eigenvalue weighted by Gasteiger charge is -2.27. The molecule has 1 atom stereocenters. The van der Waals surface area contributed by atoms with Crippen LogP contribution < -0.4 is 10.6 Å². The minimum atomic E-state index is -0.396. The number of nitrogens with zero attached hydrogens (tertiary/aromatic N) is 3. The number of aryl methyl sites for hydroxylation is 2. The second-order valence-corrected chi connectivity index (χ2v) is 7.18. The third-order valence-electron chi connectivity index (χ3n) is 5.15. The maximum atomic E-state index is 14.0. The fourth-order valence-electron chi connectivity index (χ4n) is 3.83. The van der Waals surface area contributed by atoms with Crippen molar-refractivity contribution in [3.8, 4) is 17.3 Å². The smallest absolute Gasteiger partial charge is 0.146 e. The molecule has 0 saturated heterocycles. The highest BCUT2D eigenvalue weighted by Crippen LogP contribution is 2.33. The van der Waals surface area contributed by atoms with Gasteiger partial charge < -0.3 is 10.6 Å². The Hall–Kier alpha value is -3.46. The molecule has 0 radical (unpaired) electrons. The molecule has 0 aliphatic heterocycles. The molecule has 6 heteroatoms. The third kappa shape index (κ3) is 4.19. The number of benzene rings is 2. The predicted octanol–water partition coefficient (Wildman–Crippen LogP) is 5.02. The molecule has 5 nitrogen and oxygen atoms in total. The average Bonchev–Trinajstić information content (AvgIpc) is 2.73. The van der Waals surface area contributed by atoms with Gasteiger partial charge in [-0.2, -0.15) is 5.26 Å². The molecule has 0 saturated carbocycles. The van der Waals surface area contributed by atoms with E-state index in [1.54, 1.807) is 12.1 Å². The van der Waals surface area contributed by atoms with Crippen LogP contribution in [0.25, 0.3) is 11.3 Å². The Morgan fingerprint density at radius 2 is 2.03 bits per heavy atom. The van der Waals surface area contributed by atoms with E-state index in [-0.39, 0.29) is 18.3 Å². The minimum absolute atomic E-state index is 0.0388. The number of rotatable bonds is 5. The van der Waals surface area contributed by atoms with Gasteiger partial charge in [-0.15, -0.1) is 0 Å². The van der Waals surface area contributed by atoms with Crippen molar-refractivity contribution in [2.24, 2.45) is 0 Å². The van der Waals surface area contributed by atoms with Gasteiger partial charge in [0.2, 0.25) is 0 Å². The van der Waals surface area contributed by atoms with Crippen LogP contribution in [-0.4, -0.2) is 16.5 Å². The first-order chi connectivity index (χ1) is 14.1. The molecule has 1 aliphatic rings. The van der Waals surface area contributed by atoms with Crippen molar-refractivity contribution in [1.29, 1.82) is 5.26 Å². The van der Waals surface area contributed by atoms with Gasteiger partial charge in [0, 0.05) is 11.6 Å². The van der Waals surface area contributed by atoms with E-state index in [0.29, 0.717) is 11.5 Å². The lowest BCUT2D eigenvalue weighted by Crippen LogP contribution is -2.18. The van der Waals surface area contributed by atoms with Crippen molar-refractivity contribution in [2.75, 3.05) is 17.2 Å². The summed E-state index contributed by atoms with van der Waals surface area (Å²) in [7, 11) is 0. The van der Waals surface area contributed by atoms with Crippen molar-refractivity contribution in [1.82, 2.24) is 9.97 Å². The van der Waals surface area contributed by atoms with Gasteiger partial charge in [-0.1, -0.05) is 24.3 Å². The summed E-state index contributed by atoms with van der Waals surface area (Å²) in [4.78, 5) is 9.09. The van der Waals surface area contributed by atoms with Crippen molar-refractivity contribution >= 4 is 11.5 Å². The fourth-order valence-corrected chi connectivity index (χ4v) is 3.83. The first-order valence-corrected chi connectivity index (χ1v) is 9.75. The number of aromatic nitrogens is 2. The Labute approximate surface area is 169 Å². The van der Waals surface area contributed by atoms with E-state index in [4.69, 9.17) is 5.26 Å². The number of nitriles is 1. The molecule has 4 rings (SSSR count). The first-order valence-electron chi connectivity index (χ1n) is 9.75. The Morgan fingerprint density at radius 3 is 2.90 bits per heavy atom. The van der Waals surface area contributed by atoms with Crippen molar-refractivity contribution in [2.45, 2.75) is 32.2 Å². The molecule has 29 heavy (non-hydrogen) atoms. The molecule has 3 aromatic rings. The summed E-state index contributed by atoms with van der Waals surface area (Å²) in [6, 6.07) is 17.3. The molecule has 0 amide bonds. The zero-order valence-electron chi connectivity index (χ0n) is 16.2. The second-order valence-electron chi connectivity index (χ2n) is 7.18. The number of anilines is 2. The average molecular weight is 387 g/mol. The lowest BCUT2D eigenvalue weighted by molar-refractivity contribution is 0.598. The molecule has 0 fully saturated rings. The molecule has 1 heterocycles. The molecule has 2 aromatic carbocycles. The van der Waals surface area contributed by atoms with Gasteiger partial charge in [0.25, 0.3) is 0 Å². The summed E-state index contributed by atoms with van der Waals surface area (Å²) in [6.07, 6.45) is 3.29. The number of fused-ring (bicyclic) bond motifs is 1. The van der Waals surface area contributed by atoms with E-state index in [9.17, 15) is 4.39 Å². The molecular weight excluding hydrogens is 365 g/mol. The van der Waals surface area contributed by atoms with Gasteiger partial charge in [-0.3, -0.25) is 0 Å². The van der Waals surface area contributed by atoms with Crippen LogP contribution in [0, 0.1) is 24.1 Å². The zero-order chi connectivity index (χ0) is 20.2. The van der Waals surface area contributed by atoms with Crippen molar-refractivity contribution < 1.29 is 4.39 Å². The zero-order valence-corrected chi connectivity index (χ0v) is 16.2. The van der Waals surface area contributed by atoms with Crippen LogP contribution in [0.3, 0.4) is 0 Å². The van der Waals surface area contributed by atoms with Crippen LogP contribution in [0.2, 0.25) is 0 Å². The molecule has 2 N–H and O–H groups in total. The van der Waals surface area contributed by atoms with Crippen LogP contribution >= 0.6 is 0 Å². The van der Waals surface area contributed by atoms with E-state index >= 15 is 0 Å². The van der Waals surface area contributed by atoms with Gasteiger partial charge >= 0.3 is 0 Å². The third-order valence-corrected chi connectivity index (χ3v) is 5.15. The van der Waals surface area contributed by atoms with E-state index in [2.05, 4.69) is 44.9 Å². The van der Waals surface area contributed by atoms with Crippen molar-refractivity contribution in [3.05, 3.63) is 71.3 Å². The van der Waals surface area contributed by atoms with Crippen LogP contribution in [0.5, 0.6) is 0 Å². The summed E-state index contributed by atoms with van der Waals surface area (Å²) in [6.45, 7) is 1.89. The van der Waals surface area contributed by atoms with E-state index in [1.807, 2.05) is 19.1 Å². The SMILES string of the molecule is Cc1nc(N[C@@H]2CCCc3ccccc32)cc(-c2ccc(F)c(NCC#N)c2)n1. The molecule has 146 valence electrons. The van der Waals surface area contributed by atoms with E-state index < -0.39 is 5.82 Å². The summed E-state index contributed by atoms with van der Waals surface area (Å²) in [5, 5.41) is 15.1. The van der Waals surface area contributed by atoms with E-state index in [1.165, 1.54) is 17.2 Å². The first kappa shape index (κ1) is 18.9. The lowest BCUT2D eigenvalue weighted by atomic mass is 9.88. The molecule has 0 spiro atoms. The molecule has 0 bridgehead atoms. The minimum Gasteiger partial charge on any atom is -0.370 e. The number of hydrogen-bond acceptors (Lipinski definition) is 5. The van der Waals surface area contributed by atoms with Gasteiger partial charge in [-0.25, -0.2) is 14.4 Å². The summed E-state index contributed by atoms with van der Waals surface area (Å²) < 4.78 is 14.0. The highest BCUT2D eigenvalue weighted by Gasteiger charge is 2.20. The highest BCUT2D eigenvalue weighted by molar-refractivity contribution is 5.68. The summed E-state index contributed by atoms with van der Waals surface area (Å²) in [5.41, 5.74) is 4.47. The fraction of sp³-hybridized carbons (Fsp3) is 0.261.